The molecule has 22 heavy (non-hydrogen) atoms. The highest BCUT2D eigenvalue weighted by Gasteiger charge is 2.29. The van der Waals surface area contributed by atoms with E-state index in [9.17, 15) is 4.79 Å². The molecular formula is C19H22N2O. The Bertz CT molecular complexity index is 653. The van der Waals surface area contributed by atoms with Gasteiger partial charge in [-0.3, -0.25) is 4.79 Å². The molecule has 0 bridgehead atoms. The minimum absolute atomic E-state index is 0.157. The maximum atomic E-state index is 11.8. The van der Waals surface area contributed by atoms with Crippen molar-refractivity contribution >= 4 is 11.6 Å². The Kier molecular flexibility index (Phi) is 4.14. The smallest absolute Gasteiger partial charge is 0.219 e. The molecule has 1 unspecified atom stereocenters. The maximum Gasteiger partial charge on any atom is 0.219 e. The average Bonchev–Trinajstić information content (AvgIpc) is 2.55. The molecular weight excluding hydrogens is 272 g/mol. The topological polar surface area (TPSA) is 23.6 Å². The second-order valence-corrected chi connectivity index (χ2v) is 5.92. The van der Waals surface area contributed by atoms with E-state index < -0.39 is 0 Å². The number of piperazine rings is 1. The summed E-state index contributed by atoms with van der Waals surface area (Å²) < 4.78 is 0. The van der Waals surface area contributed by atoms with Gasteiger partial charge in [0.2, 0.25) is 5.91 Å². The molecule has 114 valence electrons. The standard InChI is InChI=1S/C19H22N2O/c1-15-7-6-10-18(13-15)21-12-11-20(16(2)22)14-19(21)17-8-4-3-5-9-17/h3-10,13,19H,11-12,14H2,1-2H3. The van der Waals surface area contributed by atoms with Crippen LogP contribution in [0.2, 0.25) is 0 Å². The van der Waals surface area contributed by atoms with Gasteiger partial charge < -0.3 is 9.80 Å². The summed E-state index contributed by atoms with van der Waals surface area (Å²) in [6.07, 6.45) is 0. The average molecular weight is 294 g/mol. The van der Waals surface area contributed by atoms with Gasteiger partial charge >= 0.3 is 0 Å². The van der Waals surface area contributed by atoms with Crippen LogP contribution < -0.4 is 4.90 Å². The first-order chi connectivity index (χ1) is 10.6. The molecule has 0 N–H and O–H groups in total. The Hall–Kier alpha value is -2.29. The van der Waals surface area contributed by atoms with Gasteiger partial charge in [0, 0.05) is 32.2 Å². The summed E-state index contributed by atoms with van der Waals surface area (Å²) >= 11 is 0. The Morgan fingerprint density at radius 2 is 1.82 bits per heavy atom. The second kappa shape index (κ2) is 6.22. The van der Waals surface area contributed by atoms with E-state index >= 15 is 0 Å². The Morgan fingerprint density at radius 3 is 2.50 bits per heavy atom. The summed E-state index contributed by atoms with van der Waals surface area (Å²) in [6, 6.07) is 19.3. The molecule has 0 spiro atoms. The zero-order valence-corrected chi connectivity index (χ0v) is 13.2. The van der Waals surface area contributed by atoms with Crippen molar-refractivity contribution in [2.24, 2.45) is 0 Å². The van der Waals surface area contributed by atoms with E-state index in [1.54, 1.807) is 6.92 Å². The second-order valence-electron chi connectivity index (χ2n) is 5.92. The monoisotopic (exact) mass is 294 g/mol. The molecule has 3 heteroatoms. The van der Waals surface area contributed by atoms with E-state index in [2.05, 4.69) is 60.4 Å². The van der Waals surface area contributed by atoms with Gasteiger partial charge in [-0.15, -0.1) is 0 Å². The molecule has 3 rings (SSSR count). The normalized spacial score (nSPS) is 18.4. The van der Waals surface area contributed by atoms with Gasteiger partial charge in [-0.2, -0.15) is 0 Å². The van der Waals surface area contributed by atoms with Crippen LogP contribution in [0.5, 0.6) is 0 Å². The van der Waals surface area contributed by atoms with Crippen LogP contribution in [0.4, 0.5) is 5.69 Å². The third-order valence-electron chi connectivity index (χ3n) is 4.34. The fourth-order valence-electron chi connectivity index (χ4n) is 3.15. The first-order valence-corrected chi connectivity index (χ1v) is 7.79. The first kappa shape index (κ1) is 14.6. The predicted molar refractivity (Wildman–Crippen MR) is 90.0 cm³/mol. The molecule has 1 heterocycles. The van der Waals surface area contributed by atoms with Crippen molar-refractivity contribution in [3.63, 3.8) is 0 Å². The van der Waals surface area contributed by atoms with Crippen LogP contribution in [0.1, 0.15) is 24.1 Å². The largest absolute Gasteiger partial charge is 0.361 e. The van der Waals surface area contributed by atoms with E-state index in [0.29, 0.717) is 0 Å². The molecule has 1 atom stereocenters. The first-order valence-electron chi connectivity index (χ1n) is 7.79. The molecule has 0 aromatic heterocycles. The van der Waals surface area contributed by atoms with Crippen molar-refractivity contribution < 1.29 is 4.79 Å². The Balaban J connectivity index is 1.95. The van der Waals surface area contributed by atoms with Crippen LogP contribution in [0.25, 0.3) is 0 Å². The molecule has 2 aromatic rings. The number of nitrogens with zero attached hydrogens (tertiary/aromatic N) is 2. The van der Waals surface area contributed by atoms with E-state index in [-0.39, 0.29) is 11.9 Å². The quantitative estimate of drug-likeness (QED) is 0.847. The van der Waals surface area contributed by atoms with Crippen molar-refractivity contribution in [1.82, 2.24) is 4.90 Å². The predicted octanol–water partition coefficient (Wildman–Crippen LogP) is 3.40. The van der Waals surface area contributed by atoms with Gasteiger partial charge in [-0.1, -0.05) is 42.5 Å². The van der Waals surface area contributed by atoms with Crippen molar-refractivity contribution in [3.05, 3.63) is 65.7 Å². The molecule has 1 aliphatic heterocycles. The van der Waals surface area contributed by atoms with Crippen LogP contribution in [0.3, 0.4) is 0 Å². The number of benzene rings is 2. The molecule has 0 radical (unpaired) electrons. The molecule has 1 fully saturated rings. The van der Waals surface area contributed by atoms with E-state index in [0.717, 1.165) is 19.6 Å². The van der Waals surface area contributed by atoms with Crippen molar-refractivity contribution in [1.29, 1.82) is 0 Å². The number of carbonyl (C=O) groups is 1. The van der Waals surface area contributed by atoms with Gasteiger partial charge in [0.25, 0.3) is 0 Å². The summed E-state index contributed by atoms with van der Waals surface area (Å²) in [5, 5.41) is 0. The summed E-state index contributed by atoms with van der Waals surface area (Å²) in [5.74, 6) is 0.157. The Morgan fingerprint density at radius 1 is 1.05 bits per heavy atom. The zero-order chi connectivity index (χ0) is 15.5. The van der Waals surface area contributed by atoms with Crippen LogP contribution in [-0.2, 0) is 4.79 Å². The minimum Gasteiger partial charge on any atom is -0.361 e. The highest BCUT2D eigenvalue weighted by molar-refractivity contribution is 5.73. The van der Waals surface area contributed by atoms with Gasteiger partial charge in [0.15, 0.2) is 0 Å². The highest BCUT2D eigenvalue weighted by Crippen LogP contribution is 2.31. The number of carbonyl (C=O) groups excluding carboxylic acids is 1. The fraction of sp³-hybridized carbons (Fsp3) is 0.316. The third-order valence-corrected chi connectivity index (χ3v) is 4.34. The lowest BCUT2D eigenvalue weighted by molar-refractivity contribution is -0.129. The summed E-state index contributed by atoms with van der Waals surface area (Å²) in [4.78, 5) is 16.1. The van der Waals surface area contributed by atoms with Crippen molar-refractivity contribution in [3.8, 4) is 0 Å². The molecule has 3 nitrogen and oxygen atoms in total. The fourth-order valence-corrected chi connectivity index (χ4v) is 3.15. The number of hydrogen-bond acceptors (Lipinski definition) is 2. The van der Waals surface area contributed by atoms with Crippen molar-refractivity contribution in [2.45, 2.75) is 19.9 Å². The maximum absolute atomic E-state index is 11.8. The SMILES string of the molecule is CC(=O)N1CCN(c2cccc(C)c2)C(c2ccccc2)C1. The van der Waals surface area contributed by atoms with E-state index in [1.165, 1.54) is 16.8 Å². The Labute approximate surface area is 132 Å². The van der Waals surface area contributed by atoms with E-state index in [4.69, 9.17) is 0 Å². The summed E-state index contributed by atoms with van der Waals surface area (Å²) in [6.45, 7) is 6.17. The lowest BCUT2D eigenvalue weighted by Crippen LogP contribution is -2.50. The zero-order valence-electron chi connectivity index (χ0n) is 13.2. The lowest BCUT2D eigenvalue weighted by Gasteiger charge is -2.43. The number of hydrogen-bond donors (Lipinski definition) is 0. The molecule has 1 saturated heterocycles. The van der Waals surface area contributed by atoms with Gasteiger partial charge in [-0.25, -0.2) is 0 Å². The molecule has 2 aromatic carbocycles. The number of anilines is 1. The van der Waals surface area contributed by atoms with Gasteiger partial charge in [0.05, 0.1) is 6.04 Å². The van der Waals surface area contributed by atoms with Gasteiger partial charge in [-0.05, 0) is 30.2 Å². The number of aryl methyl sites for hydroxylation is 1. The van der Waals surface area contributed by atoms with Crippen molar-refractivity contribution in [2.75, 3.05) is 24.5 Å². The molecule has 1 amide bonds. The van der Waals surface area contributed by atoms with Crippen LogP contribution >= 0.6 is 0 Å². The van der Waals surface area contributed by atoms with Crippen LogP contribution in [0, 0.1) is 6.92 Å². The summed E-state index contributed by atoms with van der Waals surface area (Å²) in [7, 11) is 0. The molecule has 0 saturated carbocycles. The van der Waals surface area contributed by atoms with Crippen LogP contribution in [0.15, 0.2) is 54.6 Å². The molecule has 1 aliphatic rings. The van der Waals surface area contributed by atoms with Gasteiger partial charge in [0.1, 0.15) is 0 Å². The number of rotatable bonds is 2. The minimum atomic E-state index is 0.157. The van der Waals surface area contributed by atoms with Crippen LogP contribution in [-0.4, -0.2) is 30.4 Å². The molecule has 0 aliphatic carbocycles. The third kappa shape index (κ3) is 2.98. The highest BCUT2D eigenvalue weighted by atomic mass is 16.2. The number of amides is 1. The summed E-state index contributed by atoms with van der Waals surface area (Å²) in [5.41, 5.74) is 3.75. The lowest BCUT2D eigenvalue weighted by atomic mass is 10.0. The van der Waals surface area contributed by atoms with E-state index in [1.807, 2.05) is 11.0 Å².